The van der Waals surface area contributed by atoms with Gasteiger partial charge >= 0.3 is 18.7 Å². The Kier molecular flexibility index (Phi) is 12.8. The summed E-state index contributed by atoms with van der Waals surface area (Å²) >= 11 is 0. The van der Waals surface area contributed by atoms with E-state index in [0.29, 0.717) is 31.0 Å². The highest BCUT2D eigenvalue weighted by Gasteiger charge is 2.44. The fourth-order valence-corrected chi connectivity index (χ4v) is 9.92. The van der Waals surface area contributed by atoms with E-state index >= 15 is 0 Å². The Morgan fingerprint density at radius 1 is 0.953 bits per heavy atom. The molecule has 0 radical (unpaired) electrons. The summed E-state index contributed by atoms with van der Waals surface area (Å²) in [6, 6.07) is 12.9. The van der Waals surface area contributed by atoms with Crippen molar-refractivity contribution in [1.29, 1.82) is 0 Å². The fraction of sp³-hybridized carbons (Fsp3) is 0.500. The molecule has 0 spiro atoms. The van der Waals surface area contributed by atoms with Crippen LogP contribution in [-0.4, -0.2) is 101 Å². The summed E-state index contributed by atoms with van der Waals surface area (Å²) in [4.78, 5) is 69.2. The summed E-state index contributed by atoms with van der Waals surface area (Å²) in [5.74, 6) is -0.671. The van der Waals surface area contributed by atoms with Gasteiger partial charge < -0.3 is 39.0 Å². The molecule has 2 saturated heterocycles. The number of ether oxygens (including phenoxy) is 4. The molecule has 8 rings (SSSR count). The molecule has 2 N–H and O–H groups in total. The molecule has 16 heteroatoms. The second-order valence-corrected chi connectivity index (χ2v) is 18.1. The molecule has 3 amide bonds. The molecular formula is C48H56F2N6O8. The van der Waals surface area contributed by atoms with Gasteiger partial charge in [-0.15, -0.1) is 0 Å². The number of hydrogen-bond donors (Lipinski definition) is 2. The molecule has 2 fully saturated rings. The number of alkyl carbamates (subject to hydrolysis) is 1. The fourth-order valence-electron chi connectivity index (χ4n) is 9.92. The number of rotatable bonds is 13. The minimum atomic E-state index is -2.94. The van der Waals surface area contributed by atoms with Crippen molar-refractivity contribution in [1.82, 2.24) is 25.1 Å². The van der Waals surface area contributed by atoms with Crippen LogP contribution in [0.3, 0.4) is 0 Å². The molecule has 340 valence electrons. The Hall–Kier alpha value is -5.90. The molecule has 3 aromatic carbocycles. The summed E-state index contributed by atoms with van der Waals surface area (Å²) in [5.41, 5.74) is 7.51. The van der Waals surface area contributed by atoms with Crippen LogP contribution in [0, 0.1) is 23.7 Å². The standard InChI is InChI=1S/C48H56F2N6O8/c1-24(2)32(19-42(57)61-6)45(58)56-26(5)8-13-39(56)37-17-34-33-18-41-35(16-28(33)10-12-36(34)52-37)31-11-9-29(15-30(31)23-63-41)38-20-51-44(53-38)40-14-27(22-64-47(49)50)21-55(40)46(59)43(25(3)4)54-48(60)62-7/h9-12,15-16,18,20,24-27,32,39-40,43,47H,8,13-14,17,19,21-23H2,1-7H3,(H,51,53)(H,54,60)/t26-,27-,32-,39-,40-,43-/m0/s1. The van der Waals surface area contributed by atoms with E-state index in [1.165, 1.54) is 14.2 Å². The molecule has 0 unspecified atom stereocenters. The predicted molar refractivity (Wildman–Crippen MR) is 235 cm³/mol. The minimum absolute atomic E-state index is 0.0246. The Morgan fingerprint density at radius 3 is 2.47 bits per heavy atom. The minimum Gasteiger partial charge on any atom is -0.488 e. The first kappa shape index (κ1) is 44.7. The van der Waals surface area contributed by atoms with Crippen LogP contribution in [0.5, 0.6) is 5.75 Å². The first-order valence-corrected chi connectivity index (χ1v) is 22.1. The number of nitrogens with one attached hydrogen (secondary N) is 2. The van der Waals surface area contributed by atoms with Crippen molar-refractivity contribution in [3.05, 3.63) is 65.6 Å². The monoisotopic (exact) mass is 882 g/mol. The molecule has 5 heterocycles. The highest BCUT2D eigenvalue weighted by atomic mass is 19.3. The van der Waals surface area contributed by atoms with Crippen molar-refractivity contribution in [3.63, 3.8) is 0 Å². The number of fused-ring (bicyclic) bond motifs is 6. The zero-order valence-electron chi connectivity index (χ0n) is 37.3. The lowest BCUT2D eigenvalue weighted by Crippen LogP contribution is -2.51. The van der Waals surface area contributed by atoms with Crippen molar-refractivity contribution >= 4 is 46.0 Å². The number of likely N-dealkylation sites (tertiary alicyclic amines) is 2. The number of aromatic amines is 1. The molecule has 14 nitrogen and oxygen atoms in total. The first-order valence-electron chi connectivity index (χ1n) is 22.1. The lowest BCUT2D eigenvalue weighted by molar-refractivity contribution is -0.148. The normalized spacial score (nSPS) is 21.1. The third-order valence-corrected chi connectivity index (χ3v) is 13.4. The van der Waals surface area contributed by atoms with Crippen molar-refractivity contribution in [3.8, 4) is 28.1 Å². The third-order valence-electron chi connectivity index (χ3n) is 13.4. The molecule has 4 aliphatic rings. The number of aliphatic imine (C=N–C) groups is 1. The molecule has 1 aromatic heterocycles. The quantitative estimate of drug-likeness (QED) is 0.126. The number of esters is 1. The smallest absolute Gasteiger partial charge is 0.407 e. The van der Waals surface area contributed by atoms with Gasteiger partial charge in [0.05, 0.1) is 62.8 Å². The van der Waals surface area contributed by atoms with Gasteiger partial charge in [-0.1, -0.05) is 45.9 Å². The van der Waals surface area contributed by atoms with E-state index in [0.717, 1.165) is 68.6 Å². The maximum absolute atomic E-state index is 14.1. The molecular weight excluding hydrogens is 827 g/mol. The number of hydrogen-bond acceptors (Lipinski definition) is 10. The van der Waals surface area contributed by atoms with E-state index in [4.69, 9.17) is 19.2 Å². The first-order chi connectivity index (χ1) is 30.6. The van der Waals surface area contributed by atoms with E-state index in [1.54, 1.807) is 24.9 Å². The van der Waals surface area contributed by atoms with Crippen LogP contribution in [0.15, 0.2) is 53.7 Å². The SMILES string of the molecule is COC(=O)C[C@H](C(=O)N1[C@@H](C)CC[C@H]1C1=Nc2ccc3cc4c(cc3c2C1)OCc1cc(-c2cnc([C@@H]3C[C@H](COC(F)F)CN3C(=O)[C@@H](NC(=O)OC)C(C)C)[nH]2)ccc1-4)C(C)C. The number of carbonyl (C=O) groups excluding carboxylic acids is 4. The maximum atomic E-state index is 14.1. The Balaban J connectivity index is 1.02. The summed E-state index contributed by atoms with van der Waals surface area (Å²) in [6.45, 7) is 6.93. The molecule has 4 aliphatic heterocycles. The van der Waals surface area contributed by atoms with Gasteiger partial charge in [0.25, 0.3) is 0 Å². The highest BCUT2D eigenvalue weighted by molar-refractivity contribution is 6.06. The van der Waals surface area contributed by atoms with Crippen LogP contribution in [-0.2, 0) is 41.6 Å². The number of methoxy groups -OCH3 is 2. The number of aromatic nitrogens is 2. The summed E-state index contributed by atoms with van der Waals surface area (Å²) in [7, 11) is 2.57. The van der Waals surface area contributed by atoms with Crippen LogP contribution in [0.1, 0.15) is 83.3 Å². The predicted octanol–water partition coefficient (Wildman–Crippen LogP) is 8.14. The van der Waals surface area contributed by atoms with Crippen molar-refractivity contribution in [2.75, 3.05) is 27.4 Å². The Labute approximate surface area is 371 Å². The van der Waals surface area contributed by atoms with Gasteiger partial charge in [0.2, 0.25) is 11.8 Å². The number of nitrogens with zero attached hydrogens (tertiary/aromatic N) is 4. The average molecular weight is 883 g/mol. The van der Waals surface area contributed by atoms with E-state index in [-0.39, 0.29) is 67.2 Å². The van der Waals surface area contributed by atoms with Gasteiger partial charge in [0.15, 0.2) is 0 Å². The van der Waals surface area contributed by atoms with Crippen molar-refractivity contribution in [2.45, 2.75) is 104 Å². The van der Waals surface area contributed by atoms with Crippen molar-refractivity contribution in [2.24, 2.45) is 28.7 Å². The zero-order valence-corrected chi connectivity index (χ0v) is 37.3. The molecule has 4 aromatic rings. The van der Waals surface area contributed by atoms with Gasteiger partial charge in [-0.2, -0.15) is 8.78 Å². The number of imidazole rings is 1. The maximum Gasteiger partial charge on any atom is 0.407 e. The second kappa shape index (κ2) is 18.3. The van der Waals surface area contributed by atoms with Crippen LogP contribution in [0.25, 0.3) is 33.2 Å². The summed E-state index contributed by atoms with van der Waals surface area (Å²) in [5, 5.41) is 4.73. The Bertz CT molecular complexity index is 2490. The molecule has 6 atom stereocenters. The van der Waals surface area contributed by atoms with Gasteiger partial charge in [0.1, 0.15) is 24.2 Å². The number of benzene rings is 3. The van der Waals surface area contributed by atoms with Gasteiger partial charge in [0, 0.05) is 36.2 Å². The van der Waals surface area contributed by atoms with E-state index in [2.05, 4.69) is 57.3 Å². The molecule has 0 saturated carbocycles. The average Bonchev–Trinajstić information content (AvgIpc) is 4.10. The van der Waals surface area contributed by atoms with Crippen LogP contribution < -0.4 is 10.1 Å². The Morgan fingerprint density at radius 2 is 1.75 bits per heavy atom. The number of carbonyl (C=O) groups is 4. The van der Waals surface area contributed by atoms with Crippen LogP contribution in [0.4, 0.5) is 19.3 Å². The largest absolute Gasteiger partial charge is 0.488 e. The van der Waals surface area contributed by atoms with Crippen LogP contribution in [0.2, 0.25) is 0 Å². The topological polar surface area (TPSA) is 165 Å². The lowest BCUT2D eigenvalue weighted by Gasteiger charge is -2.33. The zero-order chi connectivity index (χ0) is 45.6. The number of H-pyrrole nitrogens is 1. The summed E-state index contributed by atoms with van der Waals surface area (Å²) in [6.07, 6.45) is 3.62. The second-order valence-electron chi connectivity index (χ2n) is 18.1. The van der Waals surface area contributed by atoms with Gasteiger partial charge in [-0.3, -0.25) is 19.4 Å². The number of amides is 3. The van der Waals surface area contributed by atoms with Gasteiger partial charge in [-0.05, 0) is 95.3 Å². The van der Waals surface area contributed by atoms with Gasteiger partial charge in [-0.25, -0.2) is 9.78 Å². The number of halogens is 2. The third kappa shape index (κ3) is 8.68. The van der Waals surface area contributed by atoms with Crippen molar-refractivity contribution < 1.29 is 46.9 Å². The molecule has 0 aliphatic carbocycles. The highest BCUT2D eigenvalue weighted by Crippen LogP contribution is 2.45. The summed E-state index contributed by atoms with van der Waals surface area (Å²) < 4.78 is 46.9. The van der Waals surface area contributed by atoms with E-state index in [1.807, 2.05) is 30.9 Å². The van der Waals surface area contributed by atoms with Crippen LogP contribution >= 0.6 is 0 Å². The number of alkyl halides is 2. The molecule has 64 heavy (non-hydrogen) atoms. The van der Waals surface area contributed by atoms with E-state index in [9.17, 15) is 28.0 Å². The lowest BCUT2D eigenvalue weighted by atomic mass is 9.89. The van der Waals surface area contributed by atoms with E-state index < -0.39 is 30.7 Å². The molecule has 0 bridgehead atoms.